The summed E-state index contributed by atoms with van der Waals surface area (Å²) in [6, 6.07) is 11.1. The molecule has 26 heavy (non-hydrogen) atoms. The molecule has 0 saturated heterocycles. The minimum Gasteiger partial charge on any atom is -0.481 e. The minimum absolute atomic E-state index is 0.0233. The molecule has 4 nitrogen and oxygen atoms in total. The molecule has 0 fully saturated rings. The van der Waals surface area contributed by atoms with Crippen molar-refractivity contribution in [2.24, 2.45) is 5.92 Å². The lowest BCUT2D eigenvalue weighted by molar-refractivity contribution is -0.141. The maximum absolute atomic E-state index is 12.7. The Balaban J connectivity index is 2.33. The van der Waals surface area contributed by atoms with Crippen molar-refractivity contribution in [2.45, 2.75) is 13.1 Å². The molecule has 1 amide bonds. The van der Waals surface area contributed by atoms with Crippen LogP contribution in [0.15, 0.2) is 48.5 Å². The van der Waals surface area contributed by atoms with Crippen molar-refractivity contribution < 1.29 is 27.9 Å². The first kappa shape index (κ1) is 19.5. The van der Waals surface area contributed by atoms with Crippen LogP contribution in [-0.2, 0) is 11.0 Å². The highest BCUT2D eigenvalue weighted by Gasteiger charge is 2.30. The van der Waals surface area contributed by atoms with Gasteiger partial charge in [0.1, 0.15) is 0 Å². The predicted molar refractivity (Wildman–Crippen MR) is 90.6 cm³/mol. The standard InChI is InChI=1S/C19H18F3NO3/c1-12(18(25)26)11-23(2)17(24)16-6-4-3-5-15(16)13-7-9-14(10-8-13)19(20,21)22/h3-10,12H,11H2,1-2H3,(H,25,26). The van der Waals surface area contributed by atoms with Gasteiger partial charge in [-0.25, -0.2) is 0 Å². The molecule has 2 aromatic rings. The average molecular weight is 365 g/mol. The first-order valence-corrected chi connectivity index (χ1v) is 7.86. The second-order valence-corrected chi connectivity index (χ2v) is 6.05. The second-order valence-electron chi connectivity index (χ2n) is 6.05. The topological polar surface area (TPSA) is 57.6 Å². The van der Waals surface area contributed by atoms with Gasteiger partial charge in [0.05, 0.1) is 11.5 Å². The number of carbonyl (C=O) groups excluding carboxylic acids is 1. The van der Waals surface area contributed by atoms with Crippen LogP contribution in [0.1, 0.15) is 22.8 Å². The number of carbonyl (C=O) groups is 2. The molecule has 7 heteroatoms. The van der Waals surface area contributed by atoms with Gasteiger partial charge in [-0.05, 0) is 29.3 Å². The summed E-state index contributed by atoms with van der Waals surface area (Å²) in [6.07, 6.45) is -4.43. The van der Waals surface area contributed by atoms with Gasteiger partial charge in [-0.15, -0.1) is 0 Å². The summed E-state index contributed by atoms with van der Waals surface area (Å²) >= 11 is 0. The number of benzene rings is 2. The third kappa shape index (κ3) is 4.41. The van der Waals surface area contributed by atoms with E-state index >= 15 is 0 Å². The molecule has 0 heterocycles. The molecule has 2 rings (SSSR count). The number of carboxylic acid groups (broad SMARTS) is 1. The van der Waals surface area contributed by atoms with Crippen molar-refractivity contribution in [1.29, 1.82) is 0 Å². The van der Waals surface area contributed by atoms with Gasteiger partial charge in [0.2, 0.25) is 0 Å². The van der Waals surface area contributed by atoms with Crippen molar-refractivity contribution in [1.82, 2.24) is 4.90 Å². The zero-order valence-corrected chi connectivity index (χ0v) is 14.2. The van der Waals surface area contributed by atoms with Gasteiger partial charge >= 0.3 is 12.1 Å². The predicted octanol–water partition coefficient (Wildman–Crippen LogP) is 4.17. The first-order chi connectivity index (χ1) is 12.1. The van der Waals surface area contributed by atoms with E-state index in [1.165, 1.54) is 31.0 Å². The number of aliphatic carboxylic acids is 1. The molecular weight excluding hydrogens is 347 g/mol. The Labute approximate surface area is 148 Å². The fourth-order valence-electron chi connectivity index (χ4n) is 2.54. The van der Waals surface area contributed by atoms with E-state index in [1.54, 1.807) is 24.3 Å². The van der Waals surface area contributed by atoms with E-state index in [0.717, 1.165) is 12.1 Å². The first-order valence-electron chi connectivity index (χ1n) is 7.86. The smallest absolute Gasteiger partial charge is 0.416 e. The Kier molecular flexibility index (Phi) is 5.69. The third-order valence-corrected chi connectivity index (χ3v) is 4.00. The number of carboxylic acids is 1. The molecule has 0 aromatic heterocycles. The van der Waals surface area contributed by atoms with Gasteiger partial charge in [0, 0.05) is 19.2 Å². The molecule has 0 radical (unpaired) electrons. The van der Waals surface area contributed by atoms with E-state index in [9.17, 15) is 22.8 Å². The molecule has 0 aliphatic carbocycles. The van der Waals surface area contributed by atoms with Crippen molar-refractivity contribution >= 4 is 11.9 Å². The van der Waals surface area contributed by atoms with Gasteiger partial charge in [0.25, 0.3) is 5.91 Å². The lowest BCUT2D eigenvalue weighted by atomic mass is 9.97. The SMILES string of the molecule is CC(CN(C)C(=O)c1ccccc1-c1ccc(C(F)(F)F)cc1)C(=O)O. The largest absolute Gasteiger partial charge is 0.481 e. The van der Waals surface area contributed by atoms with Crippen molar-refractivity contribution in [3.05, 3.63) is 59.7 Å². The van der Waals surface area contributed by atoms with Crippen molar-refractivity contribution in [2.75, 3.05) is 13.6 Å². The average Bonchev–Trinajstić information content (AvgIpc) is 2.60. The molecule has 0 spiro atoms. The molecule has 1 unspecified atom stereocenters. The van der Waals surface area contributed by atoms with Crippen LogP contribution in [0, 0.1) is 5.92 Å². The quantitative estimate of drug-likeness (QED) is 0.865. The van der Waals surface area contributed by atoms with Crippen LogP contribution >= 0.6 is 0 Å². The molecule has 0 bridgehead atoms. The molecule has 0 aliphatic heterocycles. The van der Waals surface area contributed by atoms with Gasteiger partial charge in [0.15, 0.2) is 0 Å². The summed E-state index contributed by atoms with van der Waals surface area (Å²) in [6.45, 7) is 1.52. The van der Waals surface area contributed by atoms with E-state index in [2.05, 4.69) is 0 Å². The van der Waals surface area contributed by atoms with Crippen molar-refractivity contribution in [3.63, 3.8) is 0 Å². The highest BCUT2D eigenvalue weighted by Crippen LogP contribution is 2.32. The summed E-state index contributed by atoms with van der Waals surface area (Å²) in [5.41, 5.74) is 0.493. The van der Waals surface area contributed by atoms with Crippen LogP contribution in [0.3, 0.4) is 0 Å². The lowest BCUT2D eigenvalue weighted by Gasteiger charge is -2.21. The van der Waals surface area contributed by atoms with Gasteiger partial charge in [-0.2, -0.15) is 13.2 Å². The van der Waals surface area contributed by atoms with Crippen LogP contribution in [0.2, 0.25) is 0 Å². The van der Waals surface area contributed by atoms with E-state index in [-0.39, 0.29) is 6.54 Å². The zero-order valence-electron chi connectivity index (χ0n) is 14.2. The normalized spacial score (nSPS) is 12.5. The van der Waals surface area contributed by atoms with Gasteiger partial charge in [-0.1, -0.05) is 37.3 Å². The molecule has 0 aliphatic rings. The molecule has 138 valence electrons. The van der Waals surface area contributed by atoms with E-state index in [0.29, 0.717) is 16.7 Å². The summed E-state index contributed by atoms with van der Waals surface area (Å²) in [5.74, 6) is -2.14. The number of hydrogen-bond acceptors (Lipinski definition) is 2. The highest BCUT2D eigenvalue weighted by atomic mass is 19.4. The Morgan fingerprint density at radius 1 is 1.08 bits per heavy atom. The van der Waals surface area contributed by atoms with Crippen LogP contribution in [-0.4, -0.2) is 35.5 Å². The van der Waals surface area contributed by atoms with Crippen LogP contribution in [0.4, 0.5) is 13.2 Å². The maximum atomic E-state index is 12.7. The van der Waals surface area contributed by atoms with Crippen LogP contribution in [0.5, 0.6) is 0 Å². The van der Waals surface area contributed by atoms with E-state index < -0.39 is 29.5 Å². The van der Waals surface area contributed by atoms with E-state index in [1.807, 2.05) is 0 Å². The second kappa shape index (κ2) is 7.59. The fraction of sp³-hybridized carbons (Fsp3) is 0.263. The lowest BCUT2D eigenvalue weighted by Crippen LogP contribution is -2.33. The molecule has 1 atom stereocenters. The molecule has 0 saturated carbocycles. The Hall–Kier alpha value is -2.83. The Morgan fingerprint density at radius 3 is 2.19 bits per heavy atom. The van der Waals surface area contributed by atoms with Crippen LogP contribution < -0.4 is 0 Å². The molecule has 2 aromatic carbocycles. The molecular formula is C19H18F3NO3. The number of halogens is 3. The van der Waals surface area contributed by atoms with E-state index in [4.69, 9.17) is 5.11 Å². The van der Waals surface area contributed by atoms with Crippen molar-refractivity contribution in [3.8, 4) is 11.1 Å². The Morgan fingerprint density at radius 2 is 1.65 bits per heavy atom. The van der Waals surface area contributed by atoms with Crippen LogP contribution in [0.25, 0.3) is 11.1 Å². The molecule has 1 N–H and O–H groups in total. The number of rotatable bonds is 5. The number of hydrogen-bond donors (Lipinski definition) is 1. The maximum Gasteiger partial charge on any atom is 0.416 e. The summed E-state index contributed by atoms with van der Waals surface area (Å²) in [5, 5.41) is 8.98. The fourth-order valence-corrected chi connectivity index (χ4v) is 2.54. The number of alkyl halides is 3. The Bertz CT molecular complexity index is 800. The van der Waals surface area contributed by atoms with Gasteiger partial charge < -0.3 is 10.0 Å². The third-order valence-electron chi connectivity index (χ3n) is 4.00. The minimum atomic E-state index is -4.43. The zero-order chi connectivity index (χ0) is 19.5. The van der Waals surface area contributed by atoms with Gasteiger partial charge in [-0.3, -0.25) is 9.59 Å². The monoisotopic (exact) mass is 365 g/mol. The summed E-state index contributed by atoms with van der Waals surface area (Å²) < 4.78 is 38.1. The highest BCUT2D eigenvalue weighted by molar-refractivity contribution is 6.00. The number of amides is 1. The summed E-state index contributed by atoms with van der Waals surface area (Å²) in [7, 11) is 1.49. The number of nitrogens with zero attached hydrogens (tertiary/aromatic N) is 1. The summed E-state index contributed by atoms with van der Waals surface area (Å²) in [4.78, 5) is 24.9.